The standard InChI is InChI=1S/C14H26N2O2/c1-12(13-4-2-3-5-13)16-10-8-15(9-11-16)7-6-14(17)18/h12-13H,2-11H2,1H3,(H,17,18). The van der Waals surface area contributed by atoms with Crippen molar-refractivity contribution in [2.45, 2.75) is 45.1 Å². The number of carbonyl (C=O) groups is 1. The highest BCUT2D eigenvalue weighted by Gasteiger charge is 2.28. The Morgan fingerprint density at radius 3 is 2.39 bits per heavy atom. The molecule has 4 heteroatoms. The molecule has 1 atom stereocenters. The minimum absolute atomic E-state index is 0.276. The fraction of sp³-hybridized carbons (Fsp3) is 0.929. The number of rotatable bonds is 5. The van der Waals surface area contributed by atoms with E-state index in [4.69, 9.17) is 5.11 Å². The van der Waals surface area contributed by atoms with Crippen LogP contribution in [0.25, 0.3) is 0 Å². The number of carboxylic acids is 1. The SMILES string of the molecule is CC(C1CCCC1)N1CCN(CCC(=O)O)CC1. The van der Waals surface area contributed by atoms with Crippen molar-refractivity contribution in [3.05, 3.63) is 0 Å². The average molecular weight is 254 g/mol. The molecule has 4 nitrogen and oxygen atoms in total. The summed E-state index contributed by atoms with van der Waals surface area (Å²) in [4.78, 5) is 15.4. The van der Waals surface area contributed by atoms with Gasteiger partial charge in [-0.25, -0.2) is 0 Å². The molecule has 2 rings (SSSR count). The van der Waals surface area contributed by atoms with Gasteiger partial charge in [0, 0.05) is 38.8 Å². The Bertz CT molecular complexity index is 269. The third-order valence-corrected chi connectivity index (χ3v) is 4.71. The van der Waals surface area contributed by atoms with Gasteiger partial charge in [-0.2, -0.15) is 0 Å². The molecule has 2 fully saturated rings. The van der Waals surface area contributed by atoms with Gasteiger partial charge in [0.25, 0.3) is 0 Å². The first-order chi connectivity index (χ1) is 8.66. The van der Waals surface area contributed by atoms with Gasteiger partial charge < -0.3 is 10.0 Å². The van der Waals surface area contributed by atoms with Crippen molar-refractivity contribution in [2.75, 3.05) is 32.7 Å². The molecule has 1 unspecified atom stereocenters. The predicted octanol–water partition coefficient (Wildman–Crippen LogP) is 1.66. The van der Waals surface area contributed by atoms with Crippen molar-refractivity contribution >= 4 is 5.97 Å². The minimum Gasteiger partial charge on any atom is -0.481 e. The van der Waals surface area contributed by atoms with Crippen LogP contribution in [0.2, 0.25) is 0 Å². The molecular formula is C14H26N2O2. The Labute approximate surface area is 110 Å². The summed E-state index contributed by atoms with van der Waals surface area (Å²) in [5.41, 5.74) is 0. The predicted molar refractivity (Wildman–Crippen MR) is 71.7 cm³/mol. The third-order valence-electron chi connectivity index (χ3n) is 4.71. The molecule has 1 aliphatic heterocycles. The van der Waals surface area contributed by atoms with Crippen LogP contribution in [0, 0.1) is 5.92 Å². The lowest BCUT2D eigenvalue weighted by Gasteiger charge is -2.40. The maximum atomic E-state index is 10.6. The summed E-state index contributed by atoms with van der Waals surface area (Å²) in [7, 11) is 0. The Morgan fingerprint density at radius 1 is 1.22 bits per heavy atom. The second-order valence-corrected chi connectivity index (χ2v) is 5.81. The summed E-state index contributed by atoms with van der Waals surface area (Å²) in [6, 6.07) is 0.717. The van der Waals surface area contributed by atoms with Gasteiger partial charge in [0.05, 0.1) is 6.42 Å². The molecule has 1 saturated heterocycles. The maximum Gasteiger partial charge on any atom is 0.304 e. The van der Waals surface area contributed by atoms with E-state index in [1.165, 1.54) is 25.7 Å². The van der Waals surface area contributed by atoms with Gasteiger partial charge >= 0.3 is 5.97 Å². The Kier molecular flexibility index (Phi) is 5.01. The highest BCUT2D eigenvalue weighted by Crippen LogP contribution is 2.30. The first kappa shape index (κ1) is 13.8. The molecule has 0 bridgehead atoms. The summed E-state index contributed by atoms with van der Waals surface area (Å²) in [6.45, 7) is 7.37. The van der Waals surface area contributed by atoms with E-state index in [0.29, 0.717) is 12.6 Å². The van der Waals surface area contributed by atoms with Crippen LogP contribution in [0.1, 0.15) is 39.0 Å². The van der Waals surface area contributed by atoms with Crippen LogP contribution in [-0.2, 0) is 4.79 Å². The Hall–Kier alpha value is -0.610. The largest absolute Gasteiger partial charge is 0.481 e. The van der Waals surface area contributed by atoms with Crippen LogP contribution in [0.4, 0.5) is 0 Å². The topological polar surface area (TPSA) is 43.8 Å². The molecule has 2 aliphatic rings. The fourth-order valence-corrected chi connectivity index (χ4v) is 3.39. The first-order valence-electron chi connectivity index (χ1n) is 7.35. The summed E-state index contributed by atoms with van der Waals surface area (Å²) in [6.07, 6.45) is 5.90. The first-order valence-corrected chi connectivity index (χ1v) is 7.35. The number of piperazine rings is 1. The molecule has 0 spiro atoms. The van der Waals surface area contributed by atoms with E-state index >= 15 is 0 Å². The molecule has 1 saturated carbocycles. The van der Waals surface area contributed by atoms with E-state index in [1.807, 2.05) is 0 Å². The molecular weight excluding hydrogens is 228 g/mol. The van der Waals surface area contributed by atoms with Gasteiger partial charge in [0.2, 0.25) is 0 Å². The van der Waals surface area contributed by atoms with Gasteiger partial charge in [-0.3, -0.25) is 9.69 Å². The lowest BCUT2D eigenvalue weighted by Crippen LogP contribution is -2.51. The van der Waals surface area contributed by atoms with E-state index in [0.717, 1.165) is 32.1 Å². The van der Waals surface area contributed by atoms with Crippen molar-refractivity contribution in [2.24, 2.45) is 5.92 Å². The van der Waals surface area contributed by atoms with Crippen molar-refractivity contribution in [1.82, 2.24) is 9.80 Å². The molecule has 1 heterocycles. The van der Waals surface area contributed by atoms with Crippen molar-refractivity contribution in [3.63, 3.8) is 0 Å². The minimum atomic E-state index is -0.684. The highest BCUT2D eigenvalue weighted by molar-refractivity contribution is 5.66. The zero-order chi connectivity index (χ0) is 13.0. The quantitative estimate of drug-likeness (QED) is 0.810. The lowest BCUT2D eigenvalue weighted by atomic mass is 9.97. The number of hydrogen-bond acceptors (Lipinski definition) is 3. The zero-order valence-corrected chi connectivity index (χ0v) is 11.5. The van der Waals surface area contributed by atoms with Crippen LogP contribution in [-0.4, -0.2) is 59.6 Å². The van der Waals surface area contributed by atoms with Crippen LogP contribution < -0.4 is 0 Å². The Balaban J connectivity index is 1.70. The van der Waals surface area contributed by atoms with E-state index in [-0.39, 0.29) is 6.42 Å². The summed E-state index contributed by atoms with van der Waals surface area (Å²) < 4.78 is 0. The smallest absolute Gasteiger partial charge is 0.304 e. The zero-order valence-electron chi connectivity index (χ0n) is 11.5. The molecule has 0 aromatic carbocycles. The second kappa shape index (κ2) is 6.53. The van der Waals surface area contributed by atoms with Crippen LogP contribution in [0.3, 0.4) is 0 Å². The molecule has 1 aliphatic carbocycles. The second-order valence-electron chi connectivity index (χ2n) is 5.81. The number of hydrogen-bond donors (Lipinski definition) is 1. The molecule has 18 heavy (non-hydrogen) atoms. The van der Waals surface area contributed by atoms with Crippen molar-refractivity contribution < 1.29 is 9.90 Å². The monoisotopic (exact) mass is 254 g/mol. The van der Waals surface area contributed by atoms with E-state index in [1.54, 1.807) is 0 Å². The van der Waals surface area contributed by atoms with Gasteiger partial charge in [-0.15, -0.1) is 0 Å². The molecule has 104 valence electrons. The highest BCUT2D eigenvalue weighted by atomic mass is 16.4. The van der Waals surface area contributed by atoms with Gasteiger partial charge in [-0.1, -0.05) is 12.8 Å². The molecule has 0 aromatic heterocycles. The molecule has 1 N–H and O–H groups in total. The summed E-state index contributed by atoms with van der Waals surface area (Å²) in [5.74, 6) is 0.215. The van der Waals surface area contributed by atoms with Crippen LogP contribution in [0.5, 0.6) is 0 Å². The normalized spacial score (nSPS) is 25.4. The van der Waals surface area contributed by atoms with Gasteiger partial charge in [0.15, 0.2) is 0 Å². The van der Waals surface area contributed by atoms with Gasteiger partial charge in [0.1, 0.15) is 0 Å². The van der Waals surface area contributed by atoms with Crippen molar-refractivity contribution in [3.8, 4) is 0 Å². The van der Waals surface area contributed by atoms with E-state index in [2.05, 4.69) is 16.7 Å². The molecule has 0 radical (unpaired) electrons. The molecule has 0 aromatic rings. The molecule has 0 amide bonds. The number of nitrogens with zero attached hydrogens (tertiary/aromatic N) is 2. The van der Waals surface area contributed by atoms with E-state index in [9.17, 15) is 4.79 Å². The maximum absolute atomic E-state index is 10.6. The third kappa shape index (κ3) is 3.69. The van der Waals surface area contributed by atoms with Crippen molar-refractivity contribution in [1.29, 1.82) is 0 Å². The fourth-order valence-electron chi connectivity index (χ4n) is 3.39. The lowest BCUT2D eigenvalue weighted by molar-refractivity contribution is -0.137. The Morgan fingerprint density at radius 2 is 1.83 bits per heavy atom. The number of aliphatic carboxylic acids is 1. The summed E-state index contributed by atoms with van der Waals surface area (Å²) in [5, 5.41) is 8.69. The van der Waals surface area contributed by atoms with E-state index < -0.39 is 5.97 Å². The van der Waals surface area contributed by atoms with Gasteiger partial charge in [-0.05, 0) is 25.7 Å². The average Bonchev–Trinajstić information content (AvgIpc) is 2.90. The summed E-state index contributed by atoms with van der Waals surface area (Å²) >= 11 is 0. The van der Waals surface area contributed by atoms with Crippen LogP contribution in [0.15, 0.2) is 0 Å². The number of carboxylic acid groups (broad SMARTS) is 1. The van der Waals surface area contributed by atoms with Crippen LogP contribution >= 0.6 is 0 Å².